The van der Waals surface area contributed by atoms with Gasteiger partial charge in [0.05, 0.1) is 10.7 Å². The highest BCUT2D eigenvalue weighted by molar-refractivity contribution is 7.09. The van der Waals surface area contributed by atoms with Crippen molar-refractivity contribution in [2.75, 3.05) is 13.1 Å². The maximum Gasteiger partial charge on any atom is 0.0931 e. The molecule has 1 N–H and O–H groups in total. The average Bonchev–Trinajstić information content (AvgIpc) is 2.73. The smallest absolute Gasteiger partial charge is 0.0931 e. The van der Waals surface area contributed by atoms with Crippen molar-refractivity contribution < 1.29 is 0 Å². The molecule has 0 saturated carbocycles. The summed E-state index contributed by atoms with van der Waals surface area (Å²) in [7, 11) is 0. The Labute approximate surface area is 123 Å². The van der Waals surface area contributed by atoms with E-state index in [1.54, 1.807) is 0 Å². The number of hydrogen-bond donors (Lipinski definition) is 1. The van der Waals surface area contributed by atoms with E-state index >= 15 is 0 Å². The molecule has 0 spiro atoms. The van der Waals surface area contributed by atoms with E-state index in [1.807, 2.05) is 11.3 Å². The summed E-state index contributed by atoms with van der Waals surface area (Å²) in [4.78, 5) is 4.83. The molecule has 1 aromatic heterocycles. The van der Waals surface area contributed by atoms with Crippen molar-refractivity contribution in [3.63, 3.8) is 0 Å². The number of nitrogens with one attached hydrogen (secondary N) is 1. The van der Waals surface area contributed by atoms with Gasteiger partial charge >= 0.3 is 0 Å². The lowest BCUT2D eigenvalue weighted by molar-refractivity contribution is 0.387. The highest BCUT2D eigenvalue weighted by Crippen LogP contribution is 2.26. The van der Waals surface area contributed by atoms with E-state index in [9.17, 15) is 0 Å². The molecule has 1 aromatic rings. The van der Waals surface area contributed by atoms with Gasteiger partial charge in [0, 0.05) is 17.2 Å². The summed E-state index contributed by atoms with van der Waals surface area (Å²) in [6, 6.07) is 0. The van der Waals surface area contributed by atoms with Crippen molar-refractivity contribution in [3.8, 4) is 0 Å². The van der Waals surface area contributed by atoms with Gasteiger partial charge in [-0.1, -0.05) is 41.5 Å². The third-order valence-corrected chi connectivity index (χ3v) is 4.14. The number of thiazole rings is 1. The van der Waals surface area contributed by atoms with Crippen LogP contribution in [0.15, 0.2) is 5.38 Å². The summed E-state index contributed by atoms with van der Waals surface area (Å²) in [5.74, 6) is 1.46. The van der Waals surface area contributed by atoms with E-state index in [1.165, 1.54) is 17.1 Å². The normalized spacial score (nSPS) is 14.1. The largest absolute Gasteiger partial charge is 0.317 e. The van der Waals surface area contributed by atoms with Gasteiger partial charge in [0.2, 0.25) is 0 Å². The van der Waals surface area contributed by atoms with Gasteiger partial charge < -0.3 is 5.32 Å². The van der Waals surface area contributed by atoms with Gasteiger partial charge in [0.25, 0.3) is 0 Å². The Kier molecular flexibility index (Phi) is 6.48. The van der Waals surface area contributed by atoms with E-state index in [2.05, 4.69) is 52.2 Å². The van der Waals surface area contributed by atoms with Crippen LogP contribution in [0, 0.1) is 11.8 Å². The van der Waals surface area contributed by atoms with Crippen molar-refractivity contribution in [1.29, 1.82) is 0 Å². The minimum atomic E-state index is 0.171. The summed E-state index contributed by atoms with van der Waals surface area (Å²) < 4.78 is 0. The van der Waals surface area contributed by atoms with Crippen LogP contribution in [0.1, 0.15) is 58.7 Å². The maximum atomic E-state index is 4.83. The van der Waals surface area contributed by atoms with E-state index in [0.717, 1.165) is 25.4 Å². The van der Waals surface area contributed by atoms with Crippen LogP contribution in [-0.4, -0.2) is 18.1 Å². The van der Waals surface area contributed by atoms with Crippen LogP contribution < -0.4 is 5.32 Å². The molecule has 3 heteroatoms. The molecule has 1 rings (SSSR count). The lowest BCUT2D eigenvalue weighted by Gasteiger charge is -2.18. The number of aromatic nitrogens is 1. The van der Waals surface area contributed by atoms with Crippen LogP contribution in [0.3, 0.4) is 0 Å². The van der Waals surface area contributed by atoms with E-state index < -0.39 is 0 Å². The zero-order valence-electron chi connectivity index (χ0n) is 13.4. The monoisotopic (exact) mass is 282 g/mol. The molecule has 0 amide bonds. The second kappa shape index (κ2) is 7.39. The fourth-order valence-corrected chi connectivity index (χ4v) is 3.39. The molecule has 0 aliphatic rings. The quantitative estimate of drug-likeness (QED) is 0.808. The molecular formula is C16H30N2S. The van der Waals surface area contributed by atoms with Gasteiger partial charge in [-0.05, 0) is 31.3 Å². The molecule has 1 atom stereocenters. The fraction of sp³-hybridized carbons (Fsp3) is 0.812. The van der Waals surface area contributed by atoms with Crippen molar-refractivity contribution in [2.24, 2.45) is 11.8 Å². The molecule has 0 saturated heterocycles. The summed E-state index contributed by atoms with van der Waals surface area (Å²) in [5.41, 5.74) is 1.41. The summed E-state index contributed by atoms with van der Waals surface area (Å²) in [5, 5.41) is 7.02. The molecule has 1 unspecified atom stereocenters. The Balaban J connectivity index is 2.64. The van der Waals surface area contributed by atoms with Crippen LogP contribution in [-0.2, 0) is 11.8 Å². The third kappa shape index (κ3) is 6.05. The maximum absolute atomic E-state index is 4.83. The van der Waals surface area contributed by atoms with Crippen LogP contribution in [0.4, 0.5) is 0 Å². The van der Waals surface area contributed by atoms with Crippen molar-refractivity contribution in [2.45, 2.75) is 59.8 Å². The molecular weight excluding hydrogens is 252 g/mol. The minimum absolute atomic E-state index is 0.171. The minimum Gasteiger partial charge on any atom is -0.317 e. The summed E-state index contributed by atoms with van der Waals surface area (Å²) in [6.07, 6.45) is 2.39. The lowest BCUT2D eigenvalue weighted by Crippen LogP contribution is -2.25. The highest BCUT2D eigenvalue weighted by atomic mass is 32.1. The highest BCUT2D eigenvalue weighted by Gasteiger charge is 2.19. The number of nitrogens with zero attached hydrogens (tertiary/aromatic N) is 1. The molecule has 110 valence electrons. The third-order valence-electron chi connectivity index (χ3n) is 3.27. The predicted octanol–water partition coefficient (Wildman–Crippen LogP) is 4.25. The number of hydrogen-bond acceptors (Lipinski definition) is 3. The molecule has 2 nitrogen and oxygen atoms in total. The van der Waals surface area contributed by atoms with Crippen LogP contribution in [0.5, 0.6) is 0 Å². The van der Waals surface area contributed by atoms with Crippen molar-refractivity contribution in [3.05, 3.63) is 16.1 Å². The molecule has 19 heavy (non-hydrogen) atoms. The van der Waals surface area contributed by atoms with Gasteiger partial charge in [-0.3, -0.25) is 0 Å². The topological polar surface area (TPSA) is 24.9 Å². The van der Waals surface area contributed by atoms with Crippen molar-refractivity contribution >= 4 is 11.3 Å². The van der Waals surface area contributed by atoms with E-state index in [4.69, 9.17) is 4.98 Å². The second-order valence-electron chi connectivity index (χ2n) is 6.88. The van der Waals surface area contributed by atoms with Crippen LogP contribution in [0.2, 0.25) is 0 Å². The fourth-order valence-electron chi connectivity index (χ4n) is 2.25. The zero-order valence-corrected chi connectivity index (χ0v) is 14.2. The average molecular weight is 282 g/mol. The van der Waals surface area contributed by atoms with Gasteiger partial charge in [-0.15, -0.1) is 11.3 Å². The first-order chi connectivity index (χ1) is 8.82. The molecule has 0 bridgehead atoms. The predicted molar refractivity (Wildman–Crippen MR) is 86.0 cm³/mol. The van der Waals surface area contributed by atoms with Crippen LogP contribution >= 0.6 is 11.3 Å². The van der Waals surface area contributed by atoms with E-state index in [0.29, 0.717) is 5.92 Å². The van der Waals surface area contributed by atoms with Gasteiger partial charge in [0.1, 0.15) is 0 Å². The standard InChI is InChI=1S/C16H30N2S/c1-7-17-10-13(8-12(2)3)9-15-18-14(11-19-15)16(4,5)6/h11-13,17H,7-10H2,1-6H3. The first-order valence-corrected chi connectivity index (χ1v) is 8.36. The second-order valence-corrected chi connectivity index (χ2v) is 7.83. The Morgan fingerprint density at radius 1 is 1.32 bits per heavy atom. The molecule has 0 fully saturated rings. The number of rotatable bonds is 7. The molecule has 0 aliphatic heterocycles. The molecule has 0 radical (unpaired) electrons. The molecule has 0 aromatic carbocycles. The van der Waals surface area contributed by atoms with Crippen LogP contribution in [0.25, 0.3) is 0 Å². The van der Waals surface area contributed by atoms with Crippen molar-refractivity contribution in [1.82, 2.24) is 10.3 Å². The summed E-state index contributed by atoms with van der Waals surface area (Å²) in [6.45, 7) is 15.7. The molecule has 0 aliphatic carbocycles. The molecule has 1 heterocycles. The van der Waals surface area contributed by atoms with Gasteiger partial charge in [-0.25, -0.2) is 4.98 Å². The SMILES string of the molecule is CCNCC(Cc1nc(C(C)(C)C)cs1)CC(C)C. The summed E-state index contributed by atoms with van der Waals surface area (Å²) >= 11 is 1.83. The van der Waals surface area contributed by atoms with Gasteiger partial charge in [-0.2, -0.15) is 0 Å². The first-order valence-electron chi connectivity index (χ1n) is 7.48. The Hall–Kier alpha value is -0.410. The Bertz CT molecular complexity index is 363. The lowest BCUT2D eigenvalue weighted by atomic mass is 9.92. The van der Waals surface area contributed by atoms with E-state index in [-0.39, 0.29) is 5.41 Å². The Morgan fingerprint density at radius 3 is 2.47 bits per heavy atom. The first kappa shape index (κ1) is 16.6. The Morgan fingerprint density at radius 2 is 2.00 bits per heavy atom. The van der Waals surface area contributed by atoms with Gasteiger partial charge in [0.15, 0.2) is 0 Å². The zero-order chi connectivity index (χ0) is 14.5.